The fourth-order valence-corrected chi connectivity index (χ4v) is 5.35. The van der Waals surface area contributed by atoms with Crippen molar-refractivity contribution in [3.8, 4) is 10.6 Å². The summed E-state index contributed by atoms with van der Waals surface area (Å²) < 4.78 is 32.5. The standard InChI is InChI=1S/C22H22N4O4S2/c1-12(2)26-32(28,29)16-8-6-15(7-9-16)23-21(27)17-11-18(19-10-5-13(3)31-19)24-22-20(17)14(4)25-30-22/h5-12,26H,1-4H3,(H,23,27). The molecule has 0 aliphatic rings. The van der Waals surface area contributed by atoms with E-state index in [1.807, 2.05) is 19.1 Å². The van der Waals surface area contributed by atoms with Crippen molar-refractivity contribution in [1.82, 2.24) is 14.9 Å². The van der Waals surface area contributed by atoms with Crippen LogP contribution in [0.4, 0.5) is 5.69 Å². The van der Waals surface area contributed by atoms with Gasteiger partial charge in [-0.3, -0.25) is 4.79 Å². The molecule has 0 bridgehead atoms. The summed E-state index contributed by atoms with van der Waals surface area (Å²) in [4.78, 5) is 19.8. The van der Waals surface area contributed by atoms with Crippen molar-refractivity contribution in [3.05, 3.63) is 58.6 Å². The molecule has 1 aromatic carbocycles. The molecule has 3 aromatic heterocycles. The van der Waals surface area contributed by atoms with Gasteiger partial charge in [0.15, 0.2) is 0 Å². The maximum absolute atomic E-state index is 13.2. The molecule has 0 unspecified atom stereocenters. The van der Waals surface area contributed by atoms with Gasteiger partial charge in [-0.2, -0.15) is 0 Å². The number of nitrogens with zero attached hydrogens (tertiary/aromatic N) is 2. The Labute approximate surface area is 189 Å². The molecule has 32 heavy (non-hydrogen) atoms. The number of aryl methyl sites for hydroxylation is 2. The highest BCUT2D eigenvalue weighted by Gasteiger charge is 2.21. The summed E-state index contributed by atoms with van der Waals surface area (Å²) in [7, 11) is -3.61. The number of hydrogen-bond acceptors (Lipinski definition) is 7. The minimum absolute atomic E-state index is 0.126. The average Bonchev–Trinajstić information content (AvgIpc) is 3.32. The van der Waals surface area contributed by atoms with Gasteiger partial charge in [-0.15, -0.1) is 11.3 Å². The minimum atomic E-state index is -3.61. The van der Waals surface area contributed by atoms with Gasteiger partial charge in [0.25, 0.3) is 11.6 Å². The molecule has 0 fully saturated rings. The molecule has 1 amide bonds. The summed E-state index contributed by atoms with van der Waals surface area (Å²) in [6.07, 6.45) is 0. The molecule has 0 aliphatic carbocycles. The molecule has 2 N–H and O–H groups in total. The third kappa shape index (κ3) is 4.43. The van der Waals surface area contributed by atoms with Gasteiger partial charge in [0.2, 0.25) is 10.0 Å². The van der Waals surface area contributed by atoms with Crippen molar-refractivity contribution in [2.75, 3.05) is 5.32 Å². The third-order valence-electron chi connectivity index (χ3n) is 4.67. The van der Waals surface area contributed by atoms with E-state index in [-0.39, 0.29) is 22.6 Å². The van der Waals surface area contributed by atoms with Crippen molar-refractivity contribution >= 4 is 44.1 Å². The van der Waals surface area contributed by atoms with Crippen molar-refractivity contribution in [2.45, 2.75) is 38.6 Å². The quantitative estimate of drug-likeness (QED) is 0.429. The number of hydrogen-bond donors (Lipinski definition) is 2. The molecule has 0 saturated heterocycles. The molecule has 0 radical (unpaired) electrons. The lowest BCUT2D eigenvalue weighted by Crippen LogP contribution is -2.30. The molecule has 0 aliphatic heterocycles. The molecule has 8 nitrogen and oxygen atoms in total. The number of thiophene rings is 1. The molecule has 4 aromatic rings. The second kappa shape index (κ2) is 8.45. The first-order valence-corrected chi connectivity index (χ1v) is 12.2. The molecule has 166 valence electrons. The lowest BCUT2D eigenvalue weighted by molar-refractivity contribution is 0.102. The van der Waals surface area contributed by atoms with Crippen LogP contribution in [-0.2, 0) is 10.0 Å². The number of anilines is 1. The highest BCUT2D eigenvalue weighted by molar-refractivity contribution is 7.89. The first-order valence-electron chi connectivity index (χ1n) is 9.91. The van der Waals surface area contributed by atoms with E-state index in [1.165, 1.54) is 12.1 Å². The molecule has 0 atom stereocenters. The van der Waals surface area contributed by atoms with Crippen LogP contribution in [-0.4, -0.2) is 30.5 Å². The molecular weight excluding hydrogens is 448 g/mol. The van der Waals surface area contributed by atoms with E-state index < -0.39 is 10.0 Å². The molecule has 0 saturated carbocycles. The summed E-state index contributed by atoms with van der Waals surface area (Å²) in [5.74, 6) is -0.367. The molecule has 10 heteroatoms. The van der Waals surface area contributed by atoms with Crippen molar-refractivity contribution in [1.29, 1.82) is 0 Å². The molecule has 4 rings (SSSR count). The number of carbonyl (C=O) groups excluding carboxylic acids is 1. The van der Waals surface area contributed by atoms with Gasteiger partial charge < -0.3 is 9.84 Å². The van der Waals surface area contributed by atoms with Crippen LogP contribution in [0.15, 0.2) is 51.9 Å². The molecule has 0 spiro atoms. The van der Waals surface area contributed by atoms with Gasteiger partial charge in [0.05, 0.1) is 32.1 Å². The maximum atomic E-state index is 13.2. The predicted octanol–water partition coefficient (Wildman–Crippen LogP) is 4.51. The van der Waals surface area contributed by atoms with Gasteiger partial charge in [0.1, 0.15) is 0 Å². The van der Waals surface area contributed by atoms with Gasteiger partial charge in [-0.05, 0) is 70.2 Å². The predicted molar refractivity (Wildman–Crippen MR) is 124 cm³/mol. The van der Waals surface area contributed by atoms with Crippen LogP contribution in [0.2, 0.25) is 0 Å². The first kappa shape index (κ1) is 22.1. The number of rotatable bonds is 6. The first-order chi connectivity index (χ1) is 15.1. The minimum Gasteiger partial charge on any atom is -0.335 e. The van der Waals surface area contributed by atoms with Crippen molar-refractivity contribution in [3.63, 3.8) is 0 Å². The SMILES string of the molecule is Cc1ccc(-c2cc(C(=O)Nc3ccc(S(=O)(=O)NC(C)C)cc3)c3c(C)noc3n2)s1. The number of fused-ring (bicyclic) bond motifs is 1. The van der Waals surface area contributed by atoms with Crippen LogP contribution >= 0.6 is 11.3 Å². The molecular formula is C22H22N4O4S2. The van der Waals surface area contributed by atoms with E-state index in [0.717, 1.165) is 9.75 Å². The van der Waals surface area contributed by atoms with E-state index in [0.29, 0.717) is 28.0 Å². The molecule has 3 heterocycles. The monoisotopic (exact) mass is 470 g/mol. The Bertz CT molecular complexity index is 1400. The van der Waals surface area contributed by atoms with E-state index in [9.17, 15) is 13.2 Å². The average molecular weight is 471 g/mol. The maximum Gasteiger partial charge on any atom is 0.259 e. The van der Waals surface area contributed by atoms with Gasteiger partial charge in [-0.1, -0.05) is 5.16 Å². The Morgan fingerprint density at radius 2 is 1.81 bits per heavy atom. The zero-order valence-electron chi connectivity index (χ0n) is 18.0. The van der Waals surface area contributed by atoms with E-state index in [2.05, 4.69) is 20.2 Å². The van der Waals surface area contributed by atoms with Gasteiger partial charge in [-0.25, -0.2) is 18.1 Å². The van der Waals surface area contributed by atoms with Crippen molar-refractivity contribution in [2.24, 2.45) is 0 Å². The summed E-state index contributed by atoms with van der Waals surface area (Å²) in [6, 6.07) is 11.4. The number of pyridine rings is 1. The lowest BCUT2D eigenvalue weighted by Gasteiger charge is -2.11. The van der Waals surface area contributed by atoms with E-state index in [1.54, 1.807) is 50.3 Å². The van der Waals surface area contributed by atoms with Crippen LogP contribution in [0, 0.1) is 13.8 Å². The normalized spacial score (nSPS) is 11.9. The van der Waals surface area contributed by atoms with Crippen LogP contribution in [0.25, 0.3) is 21.7 Å². The van der Waals surface area contributed by atoms with Gasteiger partial charge in [0, 0.05) is 16.6 Å². The third-order valence-corrected chi connectivity index (χ3v) is 7.37. The van der Waals surface area contributed by atoms with Crippen LogP contribution in [0.3, 0.4) is 0 Å². The zero-order valence-corrected chi connectivity index (χ0v) is 19.6. The van der Waals surface area contributed by atoms with E-state index >= 15 is 0 Å². The van der Waals surface area contributed by atoms with Crippen molar-refractivity contribution < 1.29 is 17.7 Å². The second-order valence-electron chi connectivity index (χ2n) is 7.67. The summed E-state index contributed by atoms with van der Waals surface area (Å²) >= 11 is 1.57. The van der Waals surface area contributed by atoms with E-state index in [4.69, 9.17) is 4.52 Å². The Morgan fingerprint density at radius 1 is 1.09 bits per heavy atom. The Balaban J connectivity index is 1.66. The number of sulfonamides is 1. The fraction of sp³-hybridized carbons (Fsp3) is 0.227. The highest BCUT2D eigenvalue weighted by Crippen LogP contribution is 2.31. The van der Waals surface area contributed by atoms with Crippen LogP contribution in [0.5, 0.6) is 0 Å². The smallest absolute Gasteiger partial charge is 0.259 e. The largest absolute Gasteiger partial charge is 0.335 e. The topological polar surface area (TPSA) is 114 Å². The summed E-state index contributed by atoms with van der Waals surface area (Å²) in [5, 5.41) is 7.32. The van der Waals surface area contributed by atoms with Crippen LogP contribution in [0.1, 0.15) is 34.8 Å². The number of amides is 1. The second-order valence-corrected chi connectivity index (χ2v) is 10.7. The number of carbonyl (C=O) groups is 1. The number of nitrogens with one attached hydrogen (secondary N) is 2. The Hall–Kier alpha value is -3.08. The van der Waals surface area contributed by atoms with Gasteiger partial charge >= 0.3 is 0 Å². The Morgan fingerprint density at radius 3 is 2.44 bits per heavy atom. The highest BCUT2D eigenvalue weighted by atomic mass is 32.2. The zero-order chi connectivity index (χ0) is 23.0. The Kier molecular flexibility index (Phi) is 5.85. The lowest BCUT2D eigenvalue weighted by atomic mass is 10.1. The number of benzene rings is 1. The fourth-order valence-electron chi connectivity index (χ4n) is 3.27. The number of aromatic nitrogens is 2. The summed E-state index contributed by atoms with van der Waals surface area (Å²) in [6.45, 7) is 7.25. The van der Waals surface area contributed by atoms with Crippen LogP contribution < -0.4 is 10.0 Å². The summed E-state index contributed by atoms with van der Waals surface area (Å²) in [5.41, 5.74) is 2.32.